The highest BCUT2D eigenvalue weighted by Gasteiger charge is 2.27. The molecule has 0 spiro atoms. The predicted molar refractivity (Wildman–Crippen MR) is 87.5 cm³/mol. The Balaban J connectivity index is 1.66. The Morgan fingerprint density at radius 3 is 3.09 bits per heavy atom. The van der Waals surface area contributed by atoms with Crippen LogP contribution >= 0.6 is 0 Å². The van der Waals surface area contributed by atoms with Crippen LogP contribution in [0.15, 0.2) is 30.7 Å². The summed E-state index contributed by atoms with van der Waals surface area (Å²) >= 11 is 0. The van der Waals surface area contributed by atoms with Crippen molar-refractivity contribution in [1.29, 1.82) is 5.26 Å². The Morgan fingerprint density at radius 2 is 2.30 bits per heavy atom. The summed E-state index contributed by atoms with van der Waals surface area (Å²) in [6, 6.07) is 6.19. The van der Waals surface area contributed by atoms with Crippen molar-refractivity contribution in [2.24, 2.45) is 0 Å². The lowest BCUT2D eigenvalue weighted by Crippen LogP contribution is -2.34. The van der Waals surface area contributed by atoms with Gasteiger partial charge < -0.3 is 10.6 Å². The van der Waals surface area contributed by atoms with E-state index in [0.717, 1.165) is 31.0 Å². The third-order valence-corrected chi connectivity index (χ3v) is 4.16. The van der Waals surface area contributed by atoms with Gasteiger partial charge in [-0.1, -0.05) is 0 Å². The second-order valence-corrected chi connectivity index (χ2v) is 5.71. The zero-order valence-electron chi connectivity index (χ0n) is 13.1. The number of anilines is 2. The molecule has 2 N–H and O–H groups in total. The molecule has 3 rings (SSSR count). The van der Waals surface area contributed by atoms with Gasteiger partial charge in [0.25, 0.3) is 0 Å². The fourth-order valence-electron chi connectivity index (χ4n) is 2.91. The van der Waals surface area contributed by atoms with Crippen molar-refractivity contribution in [3.05, 3.63) is 42.1 Å². The summed E-state index contributed by atoms with van der Waals surface area (Å²) < 4.78 is 0. The lowest BCUT2D eigenvalue weighted by atomic mass is 10.2. The smallest absolute Gasteiger partial charge is 0.144 e. The van der Waals surface area contributed by atoms with Crippen LogP contribution in [0.3, 0.4) is 0 Å². The number of hydrogen-bond acceptors (Lipinski definition) is 7. The third kappa shape index (κ3) is 3.38. The number of nitrogens with two attached hydrogens (primary N) is 1. The van der Waals surface area contributed by atoms with E-state index in [1.165, 1.54) is 0 Å². The van der Waals surface area contributed by atoms with Gasteiger partial charge in [0.15, 0.2) is 0 Å². The molecule has 2 aromatic heterocycles. The van der Waals surface area contributed by atoms with Crippen LogP contribution < -0.4 is 10.6 Å². The van der Waals surface area contributed by atoms with Crippen LogP contribution in [0.4, 0.5) is 11.5 Å². The molecule has 2 aromatic rings. The highest BCUT2D eigenvalue weighted by Crippen LogP contribution is 2.25. The number of rotatable bonds is 4. The first-order chi connectivity index (χ1) is 11.2. The van der Waals surface area contributed by atoms with Crippen LogP contribution in [0.25, 0.3) is 0 Å². The van der Waals surface area contributed by atoms with Gasteiger partial charge in [0.1, 0.15) is 17.7 Å². The molecule has 1 aliphatic heterocycles. The van der Waals surface area contributed by atoms with Gasteiger partial charge in [-0.25, -0.2) is 9.97 Å². The number of likely N-dealkylation sites (N-methyl/N-ethyl adjacent to an activating group) is 1. The summed E-state index contributed by atoms with van der Waals surface area (Å²) in [5.41, 5.74) is 7.28. The van der Waals surface area contributed by atoms with E-state index in [4.69, 9.17) is 5.73 Å². The fourth-order valence-corrected chi connectivity index (χ4v) is 2.91. The molecule has 3 heterocycles. The Hall–Kier alpha value is -2.72. The lowest BCUT2D eigenvalue weighted by molar-refractivity contribution is 0.244. The molecule has 0 radical (unpaired) electrons. The van der Waals surface area contributed by atoms with E-state index in [2.05, 4.69) is 37.9 Å². The molecule has 0 saturated carbocycles. The molecule has 0 amide bonds. The van der Waals surface area contributed by atoms with Crippen LogP contribution in [0.2, 0.25) is 0 Å². The van der Waals surface area contributed by atoms with Gasteiger partial charge in [-0.05, 0) is 25.6 Å². The highest BCUT2D eigenvalue weighted by atomic mass is 15.3. The maximum atomic E-state index is 9.22. The molecule has 1 atom stereocenters. The first-order valence-corrected chi connectivity index (χ1v) is 7.54. The first-order valence-electron chi connectivity index (χ1n) is 7.54. The number of hydrogen-bond donors (Lipinski definition) is 1. The van der Waals surface area contributed by atoms with Crippen molar-refractivity contribution in [2.45, 2.75) is 19.0 Å². The van der Waals surface area contributed by atoms with Crippen molar-refractivity contribution >= 4 is 11.5 Å². The standard InChI is InChI=1S/C16H19N7/c1-22(11-16-20-6-3-15(18)21-16)13-4-7-23(10-13)14-2-5-19-9-12(14)8-17/h2-3,5-6,9,13H,4,7,10-11H2,1H3,(H2,18,20,21). The van der Waals surface area contributed by atoms with E-state index in [0.29, 0.717) is 24.0 Å². The molecule has 0 bridgehead atoms. The molecule has 1 saturated heterocycles. The molecule has 1 fully saturated rings. The first kappa shape index (κ1) is 15.2. The molecule has 118 valence electrons. The van der Waals surface area contributed by atoms with E-state index in [1.54, 1.807) is 24.7 Å². The second-order valence-electron chi connectivity index (χ2n) is 5.71. The summed E-state index contributed by atoms with van der Waals surface area (Å²) in [7, 11) is 2.07. The summed E-state index contributed by atoms with van der Waals surface area (Å²) in [6.07, 6.45) is 6.06. The monoisotopic (exact) mass is 309 g/mol. The second kappa shape index (κ2) is 6.58. The average Bonchev–Trinajstić information content (AvgIpc) is 3.05. The predicted octanol–water partition coefficient (Wildman–Crippen LogP) is 1.04. The number of nitrogen functional groups attached to an aromatic ring is 1. The van der Waals surface area contributed by atoms with Gasteiger partial charge in [0.05, 0.1) is 17.8 Å². The van der Waals surface area contributed by atoms with E-state index in [-0.39, 0.29) is 0 Å². The van der Waals surface area contributed by atoms with Gasteiger partial charge in [0, 0.05) is 37.7 Å². The van der Waals surface area contributed by atoms with Crippen LogP contribution in [0.5, 0.6) is 0 Å². The zero-order chi connectivity index (χ0) is 16.2. The van der Waals surface area contributed by atoms with Gasteiger partial charge in [0.2, 0.25) is 0 Å². The van der Waals surface area contributed by atoms with Gasteiger partial charge in [-0.2, -0.15) is 5.26 Å². The van der Waals surface area contributed by atoms with Gasteiger partial charge in [-0.3, -0.25) is 9.88 Å². The van der Waals surface area contributed by atoms with Crippen molar-refractivity contribution < 1.29 is 0 Å². The molecule has 23 heavy (non-hydrogen) atoms. The molecule has 7 nitrogen and oxygen atoms in total. The van der Waals surface area contributed by atoms with E-state index < -0.39 is 0 Å². The Bertz CT molecular complexity index is 724. The van der Waals surface area contributed by atoms with E-state index >= 15 is 0 Å². The van der Waals surface area contributed by atoms with Crippen LogP contribution in [0.1, 0.15) is 17.8 Å². The van der Waals surface area contributed by atoms with E-state index in [1.807, 2.05) is 6.07 Å². The number of nitrogens with zero attached hydrogens (tertiary/aromatic N) is 6. The Morgan fingerprint density at radius 1 is 1.43 bits per heavy atom. The molecule has 1 aliphatic rings. The lowest BCUT2D eigenvalue weighted by Gasteiger charge is -2.25. The highest BCUT2D eigenvalue weighted by molar-refractivity contribution is 5.58. The summed E-state index contributed by atoms with van der Waals surface area (Å²) in [5, 5.41) is 9.22. The van der Waals surface area contributed by atoms with Gasteiger partial charge in [-0.15, -0.1) is 0 Å². The molecule has 7 heteroatoms. The summed E-state index contributed by atoms with van der Waals surface area (Å²) in [4.78, 5) is 17.0. The normalized spacial score (nSPS) is 17.4. The van der Waals surface area contributed by atoms with Crippen LogP contribution in [-0.2, 0) is 6.54 Å². The molecular formula is C16H19N7. The van der Waals surface area contributed by atoms with Crippen molar-refractivity contribution in [2.75, 3.05) is 30.8 Å². The largest absolute Gasteiger partial charge is 0.384 e. The average molecular weight is 309 g/mol. The number of nitriles is 1. The molecule has 0 aromatic carbocycles. The minimum atomic E-state index is 0.389. The van der Waals surface area contributed by atoms with Crippen LogP contribution in [0, 0.1) is 11.3 Å². The quantitative estimate of drug-likeness (QED) is 0.901. The summed E-state index contributed by atoms with van der Waals surface area (Å²) in [6.45, 7) is 2.45. The van der Waals surface area contributed by atoms with Crippen molar-refractivity contribution in [3.8, 4) is 6.07 Å². The maximum Gasteiger partial charge on any atom is 0.144 e. The van der Waals surface area contributed by atoms with Gasteiger partial charge >= 0.3 is 0 Å². The third-order valence-electron chi connectivity index (χ3n) is 4.16. The van der Waals surface area contributed by atoms with Crippen molar-refractivity contribution in [1.82, 2.24) is 19.9 Å². The summed E-state index contributed by atoms with van der Waals surface area (Å²) in [5.74, 6) is 1.22. The zero-order valence-corrected chi connectivity index (χ0v) is 13.1. The minimum Gasteiger partial charge on any atom is -0.384 e. The van der Waals surface area contributed by atoms with Crippen LogP contribution in [-0.4, -0.2) is 46.0 Å². The molecule has 1 unspecified atom stereocenters. The minimum absolute atomic E-state index is 0.389. The maximum absolute atomic E-state index is 9.22. The topological polar surface area (TPSA) is 95.0 Å². The van der Waals surface area contributed by atoms with E-state index in [9.17, 15) is 5.26 Å². The Kier molecular flexibility index (Phi) is 4.35. The fraction of sp³-hybridized carbons (Fsp3) is 0.375. The molecule has 0 aliphatic carbocycles. The SMILES string of the molecule is CN(Cc1nccc(N)n1)C1CCN(c2ccncc2C#N)C1. The number of aromatic nitrogens is 3. The molecular weight excluding hydrogens is 290 g/mol. The number of pyridine rings is 1. The Labute approximate surface area is 135 Å². The van der Waals surface area contributed by atoms with Crippen molar-refractivity contribution in [3.63, 3.8) is 0 Å².